The first kappa shape index (κ1) is 12.0. The van der Waals surface area contributed by atoms with E-state index in [-0.39, 0.29) is 18.6 Å². The first-order valence-corrected chi connectivity index (χ1v) is 5.43. The number of hydrogen-bond acceptors (Lipinski definition) is 3. The number of hydrogen-bond donors (Lipinski definition) is 3. The molecule has 3 heteroatoms. The maximum atomic E-state index is 9.19. The second-order valence-electron chi connectivity index (χ2n) is 5.45. The van der Waals surface area contributed by atoms with Crippen molar-refractivity contribution in [2.75, 3.05) is 13.2 Å². The average molecular weight is 201 g/mol. The Bertz CT molecular complexity index is 188. The molecule has 1 aliphatic rings. The molecule has 0 aromatic carbocycles. The maximum absolute atomic E-state index is 9.19. The van der Waals surface area contributed by atoms with Gasteiger partial charge in [-0.2, -0.15) is 0 Å². The average Bonchev–Trinajstić information content (AvgIpc) is 2.46. The molecular formula is C11H23NO2. The molecule has 1 aliphatic carbocycles. The lowest BCUT2D eigenvalue weighted by Crippen LogP contribution is -2.56. The van der Waals surface area contributed by atoms with Crippen molar-refractivity contribution in [1.82, 2.24) is 5.32 Å². The molecule has 1 rings (SSSR count). The smallest absolute Gasteiger partial charge is 0.0633 e. The van der Waals surface area contributed by atoms with E-state index in [4.69, 9.17) is 0 Å². The third-order valence-electron chi connectivity index (χ3n) is 3.48. The van der Waals surface area contributed by atoms with E-state index in [0.717, 1.165) is 6.42 Å². The van der Waals surface area contributed by atoms with E-state index < -0.39 is 5.54 Å². The van der Waals surface area contributed by atoms with Crippen LogP contribution in [-0.4, -0.2) is 35.0 Å². The topological polar surface area (TPSA) is 52.5 Å². The molecule has 0 aromatic rings. The number of nitrogens with one attached hydrogen (secondary N) is 1. The highest BCUT2D eigenvalue weighted by molar-refractivity contribution is 4.95. The van der Waals surface area contributed by atoms with Gasteiger partial charge in [-0.25, -0.2) is 0 Å². The number of rotatable bonds is 4. The van der Waals surface area contributed by atoms with Crippen LogP contribution in [-0.2, 0) is 0 Å². The molecule has 0 spiro atoms. The second kappa shape index (κ2) is 4.17. The molecule has 3 N–H and O–H groups in total. The summed E-state index contributed by atoms with van der Waals surface area (Å²) in [7, 11) is 0. The fourth-order valence-corrected chi connectivity index (χ4v) is 2.16. The van der Waals surface area contributed by atoms with Gasteiger partial charge in [0.15, 0.2) is 0 Å². The minimum absolute atomic E-state index is 0.0178. The summed E-state index contributed by atoms with van der Waals surface area (Å²) in [5, 5.41) is 21.8. The summed E-state index contributed by atoms with van der Waals surface area (Å²) in [6.07, 6.45) is 3.60. The molecule has 0 bridgehead atoms. The molecule has 1 saturated carbocycles. The highest BCUT2D eigenvalue weighted by Gasteiger charge is 2.38. The molecule has 0 aromatic heterocycles. The van der Waals surface area contributed by atoms with Crippen molar-refractivity contribution < 1.29 is 10.2 Å². The standard InChI is InChI=1S/C11H23NO2/c1-10(2)6-4-5-9(10)12-11(3,7-13)8-14/h9,12-14H,4-8H2,1-3H3. The Morgan fingerprint density at radius 2 is 1.93 bits per heavy atom. The summed E-state index contributed by atoms with van der Waals surface area (Å²) >= 11 is 0. The molecule has 1 atom stereocenters. The molecular weight excluding hydrogens is 178 g/mol. The van der Waals surface area contributed by atoms with Crippen LogP contribution in [0.3, 0.4) is 0 Å². The van der Waals surface area contributed by atoms with Crippen LogP contribution < -0.4 is 5.32 Å². The fourth-order valence-electron chi connectivity index (χ4n) is 2.16. The largest absolute Gasteiger partial charge is 0.394 e. The van der Waals surface area contributed by atoms with Crippen molar-refractivity contribution >= 4 is 0 Å². The Kier molecular flexibility index (Phi) is 3.56. The normalized spacial score (nSPS) is 26.8. The molecule has 14 heavy (non-hydrogen) atoms. The van der Waals surface area contributed by atoms with Crippen molar-refractivity contribution in [3.63, 3.8) is 0 Å². The zero-order valence-electron chi connectivity index (χ0n) is 9.51. The van der Waals surface area contributed by atoms with Crippen molar-refractivity contribution in [3.05, 3.63) is 0 Å². The van der Waals surface area contributed by atoms with Crippen LogP contribution in [0.2, 0.25) is 0 Å². The first-order chi connectivity index (χ1) is 6.43. The fraction of sp³-hybridized carbons (Fsp3) is 1.00. The lowest BCUT2D eigenvalue weighted by molar-refractivity contribution is 0.0793. The van der Waals surface area contributed by atoms with Gasteiger partial charge in [0.2, 0.25) is 0 Å². The molecule has 1 unspecified atom stereocenters. The minimum Gasteiger partial charge on any atom is -0.394 e. The third kappa shape index (κ3) is 2.47. The Balaban J connectivity index is 2.59. The summed E-state index contributed by atoms with van der Waals surface area (Å²) < 4.78 is 0. The van der Waals surface area contributed by atoms with Gasteiger partial charge < -0.3 is 15.5 Å². The van der Waals surface area contributed by atoms with E-state index in [1.54, 1.807) is 0 Å². The Morgan fingerprint density at radius 3 is 2.29 bits per heavy atom. The molecule has 84 valence electrons. The van der Waals surface area contributed by atoms with Gasteiger partial charge in [-0.3, -0.25) is 0 Å². The SMILES string of the molecule is CC(CO)(CO)NC1CCCC1(C)C. The number of aliphatic hydroxyl groups excluding tert-OH is 2. The van der Waals surface area contributed by atoms with Gasteiger partial charge in [0.1, 0.15) is 0 Å². The summed E-state index contributed by atoms with van der Waals surface area (Å²) in [6.45, 7) is 6.31. The van der Waals surface area contributed by atoms with Crippen LogP contribution in [0, 0.1) is 5.41 Å². The zero-order valence-corrected chi connectivity index (χ0v) is 9.51. The van der Waals surface area contributed by atoms with Gasteiger partial charge >= 0.3 is 0 Å². The summed E-state index contributed by atoms with van der Waals surface area (Å²) in [4.78, 5) is 0. The predicted octanol–water partition coefficient (Wildman–Crippen LogP) is 0.898. The van der Waals surface area contributed by atoms with Gasteiger partial charge in [0.05, 0.1) is 18.8 Å². The van der Waals surface area contributed by atoms with Crippen LogP contribution in [0.1, 0.15) is 40.0 Å². The molecule has 0 saturated heterocycles. The highest BCUT2D eigenvalue weighted by Crippen LogP contribution is 2.38. The monoisotopic (exact) mass is 201 g/mol. The second-order valence-corrected chi connectivity index (χ2v) is 5.45. The maximum Gasteiger partial charge on any atom is 0.0633 e. The van der Waals surface area contributed by atoms with Crippen LogP contribution in [0.5, 0.6) is 0 Å². The Labute approximate surface area is 86.5 Å². The minimum atomic E-state index is -0.535. The molecule has 0 aliphatic heterocycles. The van der Waals surface area contributed by atoms with Gasteiger partial charge in [0.25, 0.3) is 0 Å². The van der Waals surface area contributed by atoms with Gasteiger partial charge in [-0.1, -0.05) is 20.3 Å². The van der Waals surface area contributed by atoms with E-state index in [2.05, 4.69) is 19.2 Å². The Hall–Kier alpha value is -0.120. The van der Waals surface area contributed by atoms with Crippen molar-refractivity contribution in [1.29, 1.82) is 0 Å². The lowest BCUT2D eigenvalue weighted by Gasteiger charge is -2.36. The zero-order chi connectivity index (χ0) is 10.8. The van der Waals surface area contributed by atoms with Gasteiger partial charge in [0, 0.05) is 6.04 Å². The van der Waals surface area contributed by atoms with Crippen molar-refractivity contribution in [3.8, 4) is 0 Å². The van der Waals surface area contributed by atoms with E-state index in [1.165, 1.54) is 12.8 Å². The van der Waals surface area contributed by atoms with Gasteiger partial charge in [-0.05, 0) is 25.2 Å². The van der Waals surface area contributed by atoms with E-state index in [1.807, 2.05) is 6.92 Å². The summed E-state index contributed by atoms with van der Waals surface area (Å²) in [5.74, 6) is 0. The summed E-state index contributed by atoms with van der Waals surface area (Å²) in [6, 6.07) is 0.409. The van der Waals surface area contributed by atoms with Crippen LogP contribution in [0.4, 0.5) is 0 Å². The number of aliphatic hydroxyl groups is 2. The highest BCUT2D eigenvalue weighted by atomic mass is 16.3. The molecule has 1 fully saturated rings. The van der Waals surface area contributed by atoms with Gasteiger partial charge in [-0.15, -0.1) is 0 Å². The van der Waals surface area contributed by atoms with E-state index in [0.29, 0.717) is 6.04 Å². The van der Waals surface area contributed by atoms with Crippen LogP contribution in [0.25, 0.3) is 0 Å². The predicted molar refractivity (Wildman–Crippen MR) is 57.1 cm³/mol. The quantitative estimate of drug-likeness (QED) is 0.633. The summed E-state index contributed by atoms with van der Waals surface area (Å²) in [5.41, 5.74) is -0.252. The molecule has 0 radical (unpaired) electrons. The van der Waals surface area contributed by atoms with Crippen LogP contribution in [0.15, 0.2) is 0 Å². The third-order valence-corrected chi connectivity index (χ3v) is 3.48. The van der Waals surface area contributed by atoms with Crippen molar-refractivity contribution in [2.45, 2.75) is 51.6 Å². The van der Waals surface area contributed by atoms with Crippen LogP contribution >= 0.6 is 0 Å². The van der Waals surface area contributed by atoms with E-state index >= 15 is 0 Å². The Morgan fingerprint density at radius 1 is 1.36 bits per heavy atom. The lowest BCUT2D eigenvalue weighted by atomic mass is 9.85. The van der Waals surface area contributed by atoms with Crippen molar-refractivity contribution in [2.24, 2.45) is 5.41 Å². The molecule has 0 amide bonds. The molecule has 3 nitrogen and oxygen atoms in total. The van der Waals surface area contributed by atoms with E-state index in [9.17, 15) is 10.2 Å². The first-order valence-electron chi connectivity index (χ1n) is 5.43. The molecule has 0 heterocycles.